The zero-order valence-electron chi connectivity index (χ0n) is 23.8. The van der Waals surface area contributed by atoms with Crippen LogP contribution in [0.15, 0.2) is 40.8 Å². The summed E-state index contributed by atoms with van der Waals surface area (Å²) in [5.74, 6) is -1.49. The van der Waals surface area contributed by atoms with Crippen LogP contribution in [0.3, 0.4) is 0 Å². The highest BCUT2D eigenvalue weighted by molar-refractivity contribution is 7.88. The summed E-state index contributed by atoms with van der Waals surface area (Å²) in [6, 6.07) is 9.21. The summed E-state index contributed by atoms with van der Waals surface area (Å²) < 4.78 is 58.9. The molecule has 10 nitrogen and oxygen atoms in total. The van der Waals surface area contributed by atoms with E-state index >= 15 is 0 Å². The van der Waals surface area contributed by atoms with Crippen molar-refractivity contribution in [3.63, 3.8) is 0 Å². The maximum absolute atomic E-state index is 13.5. The highest BCUT2D eigenvalue weighted by Gasteiger charge is 2.31. The van der Waals surface area contributed by atoms with E-state index in [4.69, 9.17) is 19.0 Å². The number of carbonyl (C=O) groups excluding carboxylic acids is 1. The number of carbonyl (C=O) groups is 2. The summed E-state index contributed by atoms with van der Waals surface area (Å²) in [7, 11) is -2.17. The van der Waals surface area contributed by atoms with Gasteiger partial charge in [0.25, 0.3) is 5.91 Å². The molecule has 0 spiro atoms. The zero-order chi connectivity index (χ0) is 30.3. The van der Waals surface area contributed by atoms with Crippen LogP contribution < -0.4 is 10.0 Å². The van der Waals surface area contributed by atoms with Gasteiger partial charge in [0, 0.05) is 37.8 Å². The minimum Gasteiger partial charge on any atom is -0.479 e. The molecule has 3 N–H and O–H groups in total. The Kier molecular flexibility index (Phi) is 10.7. The van der Waals surface area contributed by atoms with Gasteiger partial charge in [0.15, 0.2) is 6.10 Å². The Hall–Kier alpha value is -3.32. The molecule has 0 radical (unpaired) electrons. The van der Waals surface area contributed by atoms with Crippen molar-refractivity contribution in [3.05, 3.63) is 58.9 Å². The Morgan fingerprint density at radius 3 is 2.48 bits per heavy atom. The fraction of sp³-hybridized carbons (Fsp3) is 0.467. The van der Waals surface area contributed by atoms with E-state index in [1.54, 1.807) is 6.07 Å². The third-order valence-electron chi connectivity index (χ3n) is 7.09. The summed E-state index contributed by atoms with van der Waals surface area (Å²) in [5, 5.41) is 12.0. The number of carboxylic acids is 1. The molecule has 1 unspecified atom stereocenters. The number of ether oxygens (including phenoxy) is 2. The zero-order valence-corrected chi connectivity index (χ0v) is 24.6. The third-order valence-corrected chi connectivity index (χ3v) is 8.43. The Morgan fingerprint density at radius 2 is 1.81 bits per heavy atom. The molecule has 1 aliphatic carbocycles. The number of amides is 1. The first-order valence-electron chi connectivity index (χ1n) is 14.1. The lowest BCUT2D eigenvalue weighted by atomic mass is 9.98. The standard InChI is InChI=1S/C30H37FN2O8S/c1-19(30(35)36)40-14-5-3-4-13-39-15-12-33-42(37,38)18-22-16-26-25(17-24(22)20-6-7-20)27(29(34)32-2)28(41-26)21-8-10-23(31)11-9-21/h8-11,16-17,19-20,33H,3-7,12-15,18H2,1-2H3,(H,32,34)(H,35,36). The minimum absolute atomic E-state index is 0.124. The first kappa shape index (κ1) is 31.6. The van der Waals surface area contributed by atoms with Crippen LogP contribution in [0.5, 0.6) is 0 Å². The Bertz CT molecular complexity index is 1500. The first-order valence-corrected chi connectivity index (χ1v) is 15.7. The summed E-state index contributed by atoms with van der Waals surface area (Å²) >= 11 is 0. The van der Waals surface area contributed by atoms with Crippen molar-refractivity contribution in [2.75, 3.05) is 33.4 Å². The van der Waals surface area contributed by atoms with Gasteiger partial charge in [0.1, 0.15) is 17.2 Å². The van der Waals surface area contributed by atoms with E-state index in [2.05, 4.69) is 10.0 Å². The second-order valence-electron chi connectivity index (χ2n) is 10.4. The number of hydrogen-bond donors (Lipinski definition) is 3. The number of sulfonamides is 1. The summed E-state index contributed by atoms with van der Waals surface area (Å²) in [5.41, 5.74) is 2.74. The van der Waals surface area contributed by atoms with Crippen molar-refractivity contribution in [1.29, 1.82) is 0 Å². The second kappa shape index (κ2) is 14.2. The van der Waals surface area contributed by atoms with Gasteiger partial charge >= 0.3 is 5.97 Å². The molecule has 1 fully saturated rings. The summed E-state index contributed by atoms with van der Waals surface area (Å²) in [6.45, 7) is 2.65. The van der Waals surface area contributed by atoms with E-state index in [1.165, 1.54) is 38.2 Å². The number of nitrogens with one attached hydrogen (secondary N) is 2. The van der Waals surface area contributed by atoms with Crippen molar-refractivity contribution in [1.82, 2.24) is 10.0 Å². The Balaban J connectivity index is 1.37. The van der Waals surface area contributed by atoms with Gasteiger partial charge in [-0.25, -0.2) is 22.3 Å². The number of benzene rings is 2. The van der Waals surface area contributed by atoms with Crippen LogP contribution in [0, 0.1) is 5.82 Å². The molecule has 0 bridgehead atoms. The number of unbranched alkanes of at least 4 members (excludes halogenated alkanes) is 2. The third kappa shape index (κ3) is 8.37. The average molecular weight is 605 g/mol. The van der Waals surface area contributed by atoms with Gasteiger partial charge in [0.05, 0.1) is 17.9 Å². The molecule has 1 aromatic heterocycles. The SMILES string of the molecule is CNC(=O)c1c(-c2ccc(F)cc2)oc2cc(CS(=O)(=O)NCCOCCCCCOC(C)C(=O)O)c(C3CC3)cc12. The summed E-state index contributed by atoms with van der Waals surface area (Å²) in [6.07, 6.45) is 3.32. The summed E-state index contributed by atoms with van der Waals surface area (Å²) in [4.78, 5) is 23.6. The lowest BCUT2D eigenvalue weighted by Gasteiger charge is -2.12. The van der Waals surface area contributed by atoms with E-state index in [1.807, 2.05) is 6.07 Å². The topological polar surface area (TPSA) is 144 Å². The number of fused-ring (bicyclic) bond motifs is 1. The van der Waals surface area contributed by atoms with Crippen molar-refractivity contribution >= 4 is 32.9 Å². The monoisotopic (exact) mass is 604 g/mol. The number of hydrogen-bond acceptors (Lipinski definition) is 7. The molecule has 1 atom stereocenters. The van der Waals surface area contributed by atoms with Gasteiger partial charge in [-0.1, -0.05) is 0 Å². The van der Waals surface area contributed by atoms with E-state index in [0.717, 1.165) is 31.2 Å². The van der Waals surface area contributed by atoms with Crippen LogP contribution in [0.2, 0.25) is 0 Å². The van der Waals surface area contributed by atoms with Crippen molar-refractivity contribution in [2.24, 2.45) is 0 Å². The predicted molar refractivity (Wildman–Crippen MR) is 155 cm³/mol. The molecule has 0 saturated heterocycles. The largest absolute Gasteiger partial charge is 0.479 e. The van der Waals surface area contributed by atoms with Gasteiger partial charge in [-0.2, -0.15) is 0 Å². The number of rotatable bonds is 17. The van der Waals surface area contributed by atoms with Gasteiger partial charge in [-0.15, -0.1) is 0 Å². The molecular formula is C30H37FN2O8S. The highest BCUT2D eigenvalue weighted by atomic mass is 32.2. The molecule has 12 heteroatoms. The van der Waals surface area contributed by atoms with Crippen LogP contribution >= 0.6 is 0 Å². The number of aliphatic carboxylic acids is 1. The number of carboxylic acid groups (broad SMARTS) is 1. The van der Waals surface area contributed by atoms with Crippen LogP contribution in [-0.2, 0) is 30.0 Å². The second-order valence-corrected chi connectivity index (χ2v) is 12.2. The van der Waals surface area contributed by atoms with Crippen molar-refractivity contribution in [3.8, 4) is 11.3 Å². The molecule has 2 aromatic carbocycles. The molecule has 3 aromatic rings. The van der Waals surface area contributed by atoms with Crippen molar-refractivity contribution < 1.29 is 41.4 Å². The number of furan rings is 1. The molecular weight excluding hydrogens is 567 g/mol. The Labute approximate surface area is 244 Å². The maximum Gasteiger partial charge on any atom is 0.332 e. The van der Waals surface area contributed by atoms with E-state index in [0.29, 0.717) is 53.1 Å². The average Bonchev–Trinajstić information content (AvgIpc) is 3.73. The smallest absolute Gasteiger partial charge is 0.332 e. The van der Waals surface area contributed by atoms with E-state index < -0.39 is 27.9 Å². The van der Waals surface area contributed by atoms with Crippen LogP contribution in [0.1, 0.15) is 66.4 Å². The fourth-order valence-corrected chi connectivity index (χ4v) is 5.85. The Morgan fingerprint density at radius 1 is 1.10 bits per heavy atom. The van der Waals surface area contributed by atoms with E-state index in [-0.39, 0.29) is 30.7 Å². The minimum atomic E-state index is -3.69. The quantitative estimate of drug-likeness (QED) is 0.190. The highest BCUT2D eigenvalue weighted by Crippen LogP contribution is 2.45. The molecule has 1 amide bonds. The molecule has 4 rings (SSSR count). The molecule has 1 aliphatic rings. The molecule has 1 heterocycles. The van der Waals surface area contributed by atoms with Gasteiger partial charge in [0.2, 0.25) is 10.0 Å². The van der Waals surface area contributed by atoms with Gasteiger partial charge < -0.3 is 24.3 Å². The number of halogens is 1. The molecule has 228 valence electrons. The maximum atomic E-state index is 13.5. The first-order chi connectivity index (χ1) is 20.1. The molecule has 1 saturated carbocycles. The van der Waals surface area contributed by atoms with E-state index in [9.17, 15) is 22.4 Å². The van der Waals surface area contributed by atoms with Gasteiger partial charge in [-0.05, 0) is 92.5 Å². The molecule has 42 heavy (non-hydrogen) atoms. The lowest BCUT2D eigenvalue weighted by Crippen LogP contribution is -2.29. The van der Waals surface area contributed by atoms with Crippen LogP contribution in [-0.4, -0.2) is 64.9 Å². The predicted octanol–water partition coefficient (Wildman–Crippen LogP) is 4.57. The van der Waals surface area contributed by atoms with Crippen molar-refractivity contribution in [2.45, 2.75) is 56.8 Å². The molecule has 0 aliphatic heterocycles. The van der Waals surface area contributed by atoms with Crippen LogP contribution in [0.25, 0.3) is 22.3 Å². The van der Waals surface area contributed by atoms with Crippen LogP contribution in [0.4, 0.5) is 4.39 Å². The normalized spacial score (nSPS) is 14.3. The van der Waals surface area contributed by atoms with Gasteiger partial charge in [-0.3, -0.25) is 4.79 Å². The lowest BCUT2D eigenvalue weighted by molar-refractivity contribution is -0.149. The fourth-order valence-electron chi connectivity index (χ4n) is 4.70.